The number of nitrogens with zero attached hydrogens (tertiary/aromatic N) is 2. The predicted molar refractivity (Wildman–Crippen MR) is 82.6 cm³/mol. The van der Waals surface area contributed by atoms with Gasteiger partial charge in [-0.3, -0.25) is 0 Å². The molecule has 0 aliphatic carbocycles. The summed E-state index contributed by atoms with van der Waals surface area (Å²) in [5.41, 5.74) is 0.947. The number of thioether (sulfide) groups is 1. The molecule has 7 heteroatoms. The Morgan fingerprint density at radius 3 is 2.78 bits per heavy atom. The number of anilines is 2. The lowest BCUT2D eigenvalue weighted by molar-refractivity contribution is 1.02. The molecule has 4 nitrogen and oxygen atoms in total. The molecule has 2 rings (SSSR count). The van der Waals surface area contributed by atoms with Crippen molar-refractivity contribution in [1.82, 2.24) is 10.2 Å². The summed E-state index contributed by atoms with van der Waals surface area (Å²) in [6, 6.07) is 9.76. The fraction of sp³-hybridized carbons (Fsp3) is 0.182. The summed E-state index contributed by atoms with van der Waals surface area (Å²) in [5, 5.41) is 15.4. The number of para-hydroxylation sites is 1. The molecule has 2 N–H and O–H groups in total. The van der Waals surface area contributed by atoms with Gasteiger partial charge in [-0.15, -0.1) is 10.2 Å². The van der Waals surface area contributed by atoms with Crippen molar-refractivity contribution in [3.63, 3.8) is 0 Å². The van der Waals surface area contributed by atoms with Crippen LogP contribution in [0.15, 0.2) is 34.7 Å². The lowest BCUT2D eigenvalue weighted by atomic mass is 10.3. The molecule has 1 aromatic heterocycles. The first-order valence-electron chi connectivity index (χ1n) is 5.37. The smallest absolute Gasteiger partial charge is 0.212 e. The number of hydrogen-bond donors (Lipinski definition) is 2. The fourth-order valence-corrected chi connectivity index (χ4v) is 3.16. The summed E-state index contributed by atoms with van der Waals surface area (Å²) in [5.74, 6) is 0.987. The summed E-state index contributed by atoms with van der Waals surface area (Å²) < 4.78 is 0.947. The van der Waals surface area contributed by atoms with Crippen molar-refractivity contribution >= 4 is 51.2 Å². The van der Waals surface area contributed by atoms with Gasteiger partial charge in [0.25, 0.3) is 0 Å². The second kappa shape index (κ2) is 6.67. The molecule has 0 saturated heterocycles. The van der Waals surface area contributed by atoms with Crippen LogP contribution in [0, 0.1) is 0 Å². The molecule has 0 saturated carbocycles. The van der Waals surface area contributed by atoms with Crippen molar-refractivity contribution < 1.29 is 0 Å². The van der Waals surface area contributed by atoms with Crippen LogP contribution in [0.2, 0.25) is 0 Å². The van der Waals surface area contributed by atoms with Crippen molar-refractivity contribution in [3.05, 3.63) is 30.3 Å². The van der Waals surface area contributed by atoms with Gasteiger partial charge in [0.1, 0.15) is 0 Å². The minimum absolute atomic E-state index is 0.519. The molecule has 0 amide bonds. The van der Waals surface area contributed by atoms with E-state index in [2.05, 4.69) is 27.8 Å². The fourth-order valence-electron chi connectivity index (χ4n) is 1.22. The first kappa shape index (κ1) is 13.3. The SMILES string of the molecule is CCSc1nnc(NC(=S)Nc2ccccc2)s1. The van der Waals surface area contributed by atoms with Crippen LogP contribution in [-0.2, 0) is 0 Å². The second-order valence-electron chi connectivity index (χ2n) is 3.25. The van der Waals surface area contributed by atoms with Crippen LogP contribution in [0.25, 0.3) is 0 Å². The molecule has 0 spiro atoms. The van der Waals surface area contributed by atoms with Crippen LogP contribution in [0.5, 0.6) is 0 Å². The summed E-state index contributed by atoms with van der Waals surface area (Å²) in [6.07, 6.45) is 0. The zero-order valence-electron chi connectivity index (χ0n) is 9.71. The van der Waals surface area contributed by atoms with Crippen molar-refractivity contribution in [2.24, 2.45) is 0 Å². The van der Waals surface area contributed by atoms with Crippen molar-refractivity contribution in [2.45, 2.75) is 11.3 Å². The second-order valence-corrected chi connectivity index (χ2v) is 6.15. The van der Waals surface area contributed by atoms with Crippen LogP contribution in [-0.4, -0.2) is 21.1 Å². The van der Waals surface area contributed by atoms with E-state index in [1.54, 1.807) is 11.8 Å². The highest BCUT2D eigenvalue weighted by atomic mass is 32.2. The predicted octanol–water partition coefficient (Wildman–Crippen LogP) is 3.46. The number of aromatic nitrogens is 2. The minimum atomic E-state index is 0.519. The molecule has 1 aromatic carbocycles. The molecule has 0 unspecified atom stereocenters. The molecule has 1 heterocycles. The minimum Gasteiger partial charge on any atom is -0.332 e. The van der Waals surface area contributed by atoms with E-state index in [0.29, 0.717) is 10.2 Å². The highest BCUT2D eigenvalue weighted by Crippen LogP contribution is 2.25. The zero-order valence-corrected chi connectivity index (χ0v) is 12.2. The van der Waals surface area contributed by atoms with E-state index < -0.39 is 0 Å². The molecular formula is C11H12N4S3. The largest absolute Gasteiger partial charge is 0.332 e. The van der Waals surface area contributed by atoms with E-state index in [0.717, 1.165) is 15.8 Å². The highest BCUT2D eigenvalue weighted by Gasteiger charge is 2.05. The summed E-state index contributed by atoms with van der Waals surface area (Å²) in [6.45, 7) is 2.08. The number of benzene rings is 1. The number of rotatable bonds is 4. The molecule has 0 fully saturated rings. The maximum absolute atomic E-state index is 5.20. The van der Waals surface area contributed by atoms with Crippen LogP contribution < -0.4 is 10.6 Å². The van der Waals surface area contributed by atoms with Crippen molar-refractivity contribution in [2.75, 3.05) is 16.4 Å². The van der Waals surface area contributed by atoms with Crippen molar-refractivity contribution in [1.29, 1.82) is 0 Å². The Hall–Kier alpha value is -1.18. The third-order valence-electron chi connectivity index (χ3n) is 1.93. The maximum Gasteiger partial charge on any atom is 0.212 e. The van der Waals surface area contributed by atoms with Crippen LogP contribution in [0.3, 0.4) is 0 Å². The van der Waals surface area contributed by atoms with Gasteiger partial charge in [-0.1, -0.05) is 48.2 Å². The molecule has 0 radical (unpaired) electrons. The number of thiocarbonyl (C=S) groups is 1. The van der Waals surface area contributed by atoms with Gasteiger partial charge in [0.2, 0.25) is 5.13 Å². The number of nitrogens with one attached hydrogen (secondary N) is 2. The topological polar surface area (TPSA) is 49.8 Å². The molecular weight excluding hydrogens is 284 g/mol. The first-order chi connectivity index (χ1) is 8.78. The third kappa shape index (κ3) is 3.94. The third-order valence-corrected chi connectivity index (χ3v) is 3.98. The molecule has 94 valence electrons. The van der Waals surface area contributed by atoms with Crippen LogP contribution in [0.4, 0.5) is 10.8 Å². The maximum atomic E-state index is 5.20. The van der Waals surface area contributed by atoms with E-state index in [4.69, 9.17) is 12.2 Å². The Morgan fingerprint density at radius 2 is 2.06 bits per heavy atom. The Morgan fingerprint density at radius 1 is 1.28 bits per heavy atom. The Balaban J connectivity index is 1.90. The quantitative estimate of drug-likeness (QED) is 0.665. The van der Waals surface area contributed by atoms with Gasteiger partial charge in [0.05, 0.1) is 0 Å². The van der Waals surface area contributed by atoms with Gasteiger partial charge in [-0.05, 0) is 30.1 Å². The van der Waals surface area contributed by atoms with Gasteiger partial charge < -0.3 is 10.6 Å². The molecule has 0 aliphatic rings. The molecule has 18 heavy (non-hydrogen) atoms. The number of hydrogen-bond acceptors (Lipinski definition) is 5. The van der Waals surface area contributed by atoms with E-state index in [9.17, 15) is 0 Å². The molecule has 0 atom stereocenters. The normalized spacial score (nSPS) is 10.1. The summed E-state index contributed by atoms with van der Waals surface area (Å²) in [7, 11) is 0. The highest BCUT2D eigenvalue weighted by molar-refractivity contribution is 8.01. The van der Waals surface area contributed by atoms with Crippen molar-refractivity contribution in [3.8, 4) is 0 Å². The monoisotopic (exact) mass is 296 g/mol. The first-order valence-corrected chi connectivity index (χ1v) is 7.58. The van der Waals surface area contributed by atoms with Gasteiger partial charge in [-0.25, -0.2) is 0 Å². The molecule has 0 bridgehead atoms. The Kier molecular flexibility index (Phi) is 4.91. The molecule has 0 aliphatic heterocycles. The van der Waals surface area contributed by atoms with Gasteiger partial charge >= 0.3 is 0 Å². The summed E-state index contributed by atoms with van der Waals surface area (Å²) >= 11 is 8.37. The van der Waals surface area contributed by atoms with Crippen LogP contribution in [0.1, 0.15) is 6.92 Å². The average molecular weight is 296 g/mol. The van der Waals surface area contributed by atoms with E-state index in [1.165, 1.54) is 11.3 Å². The van der Waals surface area contributed by atoms with Crippen LogP contribution >= 0.6 is 35.3 Å². The van der Waals surface area contributed by atoms with E-state index >= 15 is 0 Å². The zero-order chi connectivity index (χ0) is 12.8. The lowest BCUT2D eigenvalue weighted by Gasteiger charge is -2.07. The summed E-state index contributed by atoms with van der Waals surface area (Å²) in [4.78, 5) is 0. The van der Waals surface area contributed by atoms with Gasteiger partial charge in [0.15, 0.2) is 9.45 Å². The molecule has 2 aromatic rings. The Labute approximate surface area is 119 Å². The standard InChI is InChI=1S/C11H12N4S3/c1-2-17-11-15-14-10(18-11)13-9(16)12-8-6-4-3-5-7-8/h3-7H,2H2,1H3,(H2,12,13,14,16). The average Bonchev–Trinajstić information content (AvgIpc) is 2.78. The van der Waals surface area contributed by atoms with E-state index in [-0.39, 0.29) is 0 Å². The van der Waals surface area contributed by atoms with Gasteiger partial charge in [0, 0.05) is 5.69 Å². The van der Waals surface area contributed by atoms with Gasteiger partial charge in [-0.2, -0.15) is 0 Å². The Bertz CT molecular complexity index is 512. The van der Waals surface area contributed by atoms with E-state index in [1.807, 2.05) is 30.3 Å². The lowest BCUT2D eigenvalue weighted by Crippen LogP contribution is -2.18.